The van der Waals surface area contributed by atoms with Gasteiger partial charge in [-0.2, -0.15) is 0 Å². The van der Waals surface area contributed by atoms with Crippen LogP contribution in [0.5, 0.6) is 0 Å². The predicted octanol–water partition coefficient (Wildman–Crippen LogP) is 3.15. The van der Waals surface area contributed by atoms with E-state index in [1.165, 1.54) is 0 Å². The highest BCUT2D eigenvalue weighted by atomic mass is 16.1. The molecule has 0 N–H and O–H groups in total. The van der Waals surface area contributed by atoms with Crippen LogP contribution in [0.1, 0.15) is 34.1 Å². The summed E-state index contributed by atoms with van der Waals surface area (Å²) in [5, 5.41) is 0. The van der Waals surface area contributed by atoms with Crippen LogP contribution in [0.2, 0.25) is 0 Å². The average molecular weight is 193 g/mol. The standard InChI is InChI=1S/C12H19NO/c1-6-10(9-14)11(13-8-3)12(4,5)7-2/h7-9H,2,6H2,1,3-5H3/b11-10+,13-8-. The van der Waals surface area contributed by atoms with E-state index in [0.29, 0.717) is 6.42 Å². The van der Waals surface area contributed by atoms with Crippen LogP contribution in [0, 0.1) is 5.41 Å². The van der Waals surface area contributed by atoms with Crippen LogP contribution in [0.15, 0.2) is 28.9 Å². The molecule has 14 heavy (non-hydrogen) atoms. The van der Waals surface area contributed by atoms with Crippen molar-refractivity contribution >= 4 is 12.5 Å². The SMILES string of the molecule is C=CC(C)(C)C(/N=C\C)=C(\C=O)CC. The van der Waals surface area contributed by atoms with Crippen LogP contribution in [0.4, 0.5) is 0 Å². The van der Waals surface area contributed by atoms with Crippen molar-refractivity contribution in [2.24, 2.45) is 10.4 Å². The summed E-state index contributed by atoms with van der Waals surface area (Å²) >= 11 is 0. The average Bonchev–Trinajstić information content (AvgIpc) is 2.18. The molecule has 0 rings (SSSR count). The maximum absolute atomic E-state index is 10.8. The quantitative estimate of drug-likeness (QED) is 0.285. The maximum atomic E-state index is 10.8. The zero-order chi connectivity index (χ0) is 11.2. The van der Waals surface area contributed by atoms with Crippen LogP contribution in [-0.2, 0) is 4.79 Å². The van der Waals surface area contributed by atoms with Crippen LogP contribution in [-0.4, -0.2) is 12.5 Å². The monoisotopic (exact) mass is 193 g/mol. The molecular formula is C12H19NO. The van der Waals surface area contributed by atoms with Gasteiger partial charge in [0.25, 0.3) is 0 Å². The Hall–Kier alpha value is -1.18. The normalized spacial score (nSPS) is 14.0. The van der Waals surface area contributed by atoms with Crippen LogP contribution in [0.3, 0.4) is 0 Å². The minimum Gasteiger partial charge on any atom is -0.298 e. The lowest BCUT2D eigenvalue weighted by Gasteiger charge is -2.22. The van der Waals surface area contributed by atoms with Crippen molar-refractivity contribution in [1.29, 1.82) is 0 Å². The van der Waals surface area contributed by atoms with Gasteiger partial charge in [0.1, 0.15) is 6.29 Å². The molecule has 0 bridgehead atoms. The largest absolute Gasteiger partial charge is 0.298 e. The third-order valence-corrected chi connectivity index (χ3v) is 2.21. The highest BCUT2D eigenvalue weighted by Crippen LogP contribution is 2.31. The summed E-state index contributed by atoms with van der Waals surface area (Å²) in [6.07, 6.45) is 5.11. The molecule has 0 aliphatic carbocycles. The van der Waals surface area contributed by atoms with Gasteiger partial charge in [-0.15, -0.1) is 6.58 Å². The minimum absolute atomic E-state index is 0.251. The second kappa shape index (κ2) is 5.53. The van der Waals surface area contributed by atoms with Crippen molar-refractivity contribution in [3.63, 3.8) is 0 Å². The number of nitrogens with zero attached hydrogens (tertiary/aromatic N) is 1. The first-order valence-corrected chi connectivity index (χ1v) is 4.84. The number of carbonyl (C=O) groups excluding carboxylic acids is 1. The zero-order valence-corrected chi connectivity index (χ0v) is 9.50. The van der Waals surface area contributed by atoms with E-state index in [4.69, 9.17) is 0 Å². The fourth-order valence-corrected chi connectivity index (χ4v) is 1.20. The number of rotatable bonds is 5. The summed E-state index contributed by atoms with van der Waals surface area (Å²) in [6, 6.07) is 0. The molecule has 2 heteroatoms. The van der Waals surface area contributed by atoms with E-state index in [9.17, 15) is 4.79 Å². The Bertz CT molecular complexity index is 272. The zero-order valence-electron chi connectivity index (χ0n) is 9.50. The van der Waals surface area contributed by atoms with Crippen molar-refractivity contribution in [2.75, 3.05) is 0 Å². The van der Waals surface area contributed by atoms with E-state index in [2.05, 4.69) is 11.6 Å². The Morgan fingerprint density at radius 3 is 2.36 bits per heavy atom. The molecule has 0 aromatic carbocycles. The summed E-state index contributed by atoms with van der Waals surface area (Å²) in [5.41, 5.74) is 1.30. The first-order valence-electron chi connectivity index (χ1n) is 4.84. The molecule has 0 saturated heterocycles. The second-order valence-corrected chi connectivity index (χ2v) is 3.66. The van der Waals surface area contributed by atoms with Crippen molar-refractivity contribution < 1.29 is 4.79 Å². The highest BCUT2D eigenvalue weighted by molar-refractivity contribution is 5.75. The van der Waals surface area contributed by atoms with Gasteiger partial charge in [-0.3, -0.25) is 9.79 Å². The maximum Gasteiger partial charge on any atom is 0.147 e. The molecule has 0 aromatic rings. The molecule has 2 nitrogen and oxygen atoms in total. The molecule has 78 valence electrons. The lowest BCUT2D eigenvalue weighted by atomic mass is 9.86. The number of aliphatic imine (C=N–C) groups is 1. The molecule has 0 fully saturated rings. The van der Waals surface area contributed by atoms with Crippen molar-refractivity contribution in [2.45, 2.75) is 34.1 Å². The third-order valence-electron chi connectivity index (χ3n) is 2.21. The lowest BCUT2D eigenvalue weighted by molar-refractivity contribution is -0.105. The van der Waals surface area contributed by atoms with Crippen LogP contribution < -0.4 is 0 Å². The summed E-state index contributed by atoms with van der Waals surface area (Å²) in [5.74, 6) is 0. The summed E-state index contributed by atoms with van der Waals surface area (Å²) in [6.45, 7) is 11.6. The molecule has 0 saturated carbocycles. The van der Waals surface area contributed by atoms with Gasteiger partial charge >= 0.3 is 0 Å². The molecule has 0 radical (unpaired) electrons. The van der Waals surface area contributed by atoms with E-state index in [0.717, 1.165) is 17.6 Å². The van der Waals surface area contributed by atoms with Gasteiger partial charge in [0.2, 0.25) is 0 Å². The molecule has 0 unspecified atom stereocenters. The topological polar surface area (TPSA) is 29.4 Å². The second-order valence-electron chi connectivity index (χ2n) is 3.66. The van der Waals surface area contributed by atoms with Crippen molar-refractivity contribution in [1.82, 2.24) is 0 Å². The number of aldehydes is 1. The minimum atomic E-state index is -0.251. The van der Waals surface area contributed by atoms with E-state index >= 15 is 0 Å². The number of carbonyl (C=O) groups is 1. The number of hydrogen-bond acceptors (Lipinski definition) is 2. The van der Waals surface area contributed by atoms with E-state index < -0.39 is 0 Å². The Morgan fingerprint density at radius 1 is 1.50 bits per heavy atom. The van der Waals surface area contributed by atoms with Crippen LogP contribution in [0.25, 0.3) is 0 Å². The molecule has 0 amide bonds. The summed E-state index contributed by atoms with van der Waals surface area (Å²) < 4.78 is 0. The Kier molecular flexibility index (Phi) is 5.06. The fourth-order valence-electron chi connectivity index (χ4n) is 1.20. The van der Waals surface area contributed by atoms with E-state index in [1.807, 2.05) is 33.8 Å². The molecule has 0 atom stereocenters. The first kappa shape index (κ1) is 12.8. The van der Waals surface area contributed by atoms with Gasteiger partial charge in [0.05, 0.1) is 5.70 Å². The molecular weight excluding hydrogens is 174 g/mol. The third kappa shape index (κ3) is 2.95. The van der Waals surface area contributed by atoms with E-state index in [-0.39, 0.29) is 5.41 Å². The molecule has 0 aromatic heterocycles. The number of allylic oxidation sites excluding steroid dienone is 2. The van der Waals surface area contributed by atoms with Gasteiger partial charge in [-0.05, 0) is 13.3 Å². The van der Waals surface area contributed by atoms with Gasteiger partial charge in [0, 0.05) is 17.2 Å². The first-order chi connectivity index (χ1) is 6.53. The molecule has 0 heterocycles. The number of hydrogen-bond donors (Lipinski definition) is 0. The van der Waals surface area contributed by atoms with Gasteiger partial charge in [0.15, 0.2) is 0 Å². The van der Waals surface area contributed by atoms with Crippen molar-refractivity contribution in [3.8, 4) is 0 Å². The Balaban J connectivity index is 5.42. The summed E-state index contributed by atoms with van der Waals surface area (Å²) in [4.78, 5) is 15.1. The van der Waals surface area contributed by atoms with Gasteiger partial charge in [-0.1, -0.05) is 26.8 Å². The van der Waals surface area contributed by atoms with Crippen molar-refractivity contribution in [3.05, 3.63) is 23.9 Å². The van der Waals surface area contributed by atoms with Gasteiger partial charge < -0.3 is 0 Å². The fraction of sp³-hybridized carbons (Fsp3) is 0.500. The van der Waals surface area contributed by atoms with Gasteiger partial charge in [-0.25, -0.2) is 0 Å². The smallest absolute Gasteiger partial charge is 0.147 e. The Labute approximate surface area is 86.4 Å². The highest BCUT2D eigenvalue weighted by Gasteiger charge is 2.21. The summed E-state index contributed by atoms with van der Waals surface area (Å²) in [7, 11) is 0. The van der Waals surface area contributed by atoms with Crippen LogP contribution >= 0.6 is 0 Å². The molecule has 0 aliphatic rings. The molecule has 0 aliphatic heterocycles. The molecule has 0 spiro atoms. The lowest BCUT2D eigenvalue weighted by Crippen LogP contribution is -2.12. The van der Waals surface area contributed by atoms with E-state index in [1.54, 1.807) is 6.21 Å². The predicted molar refractivity (Wildman–Crippen MR) is 61.5 cm³/mol. The Morgan fingerprint density at radius 2 is 2.07 bits per heavy atom.